The molecule has 2 aromatic rings. The van der Waals surface area contributed by atoms with Crippen molar-refractivity contribution in [1.29, 1.82) is 0 Å². The van der Waals surface area contributed by atoms with Crippen molar-refractivity contribution < 1.29 is 0 Å². The summed E-state index contributed by atoms with van der Waals surface area (Å²) in [6.45, 7) is 0. The van der Waals surface area contributed by atoms with Gasteiger partial charge in [0, 0.05) is 19.3 Å². The molecule has 0 aliphatic carbocycles. The first kappa shape index (κ1) is 13.3. The van der Waals surface area contributed by atoms with Crippen molar-refractivity contribution in [3.05, 3.63) is 37.2 Å². The molecule has 0 saturated carbocycles. The maximum atomic E-state index is 6.19. The minimum atomic E-state index is 0.0622. The zero-order valence-electron chi connectivity index (χ0n) is 9.36. The van der Waals surface area contributed by atoms with Gasteiger partial charge in [0.1, 0.15) is 0 Å². The molecule has 2 heterocycles. The largest absolute Gasteiger partial charge is 0.324 e. The monoisotopic (exact) mass is 377 g/mol. The number of rotatable bonds is 4. The van der Waals surface area contributed by atoms with Crippen LogP contribution in [-0.2, 0) is 13.5 Å². The maximum absolute atomic E-state index is 6.19. The molecule has 0 spiro atoms. The number of thiophene rings is 1. The maximum Gasteiger partial charge on any atom is 0.0758 e. The van der Waals surface area contributed by atoms with E-state index in [9.17, 15) is 0 Å². The van der Waals surface area contributed by atoms with Crippen LogP contribution in [-0.4, -0.2) is 9.78 Å². The third-order valence-electron chi connectivity index (χ3n) is 2.58. The van der Waals surface area contributed by atoms with Gasteiger partial charge >= 0.3 is 0 Å². The number of halogens is 2. The SMILES string of the molecule is Cn1cc(CCC(N)c2cc(Br)sc2Br)cn1. The molecule has 0 aliphatic rings. The Hall–Kier alpha value is -0.170. The molecule has 1 atom stereocenters. The number of aromatic nitrogens is 2. The zero-order chi connectivity index (χ0) is 12.4. The van der Waals surface area contributed by atoms with Crippen LogP contribution < -0.4 is 5.73 Å². The van der Waals surface area contributed by atoms with E-state index in [-0.39, 0.29) is 6.04 Å². The van der Waals surface area contributed by atoms with E-state index < -0.39 is 0 Å². The fraction of sp³-hybridized carbons (Fsp3) is 0.364. The molecule has 0 amide bonds. The molecule has 3 nitrogen and oxygen atoms in total. The van der Waals surface area contributed by atoms with Crippen LogP contribution in [0.1, 0.15) is 23.6 Å². The molecule has 0 aromatic carbocycles. The van der Waals surface area contributed by atoms with Crippen molar-refractivity contribution in [2.24, 2.45) is 12.8 Å². The first-order valence-electron chi connectivity index (χ1n) is 5.24. The summed E-state index contributed by atoms with van der Waals surface area (Å²) in [5.41, 5.74) is 8.59. The highest BCUT2D eigenvalue weighted by Crippen LogP contribution is 2.35. The molecular weight excluding hydrogens is 366 g/mol. The molecule has 2 rings (SSSR count). The molecule has 0 saturated heterocycles. The summed E-state index contributed by atoms with van der Waals surface area (Å²) >= 11 is 8.67. The Morgan fingerprint density at radius 2 is 2.29 bits per heavy atom. The highest BCUT2D eigenvalue weighted by Gasteiger charge is 2.13. The van der Waals surface area contributed by atoms with Gasteiger partial charge in [-0.3, -0.25) is 4.68 Å². The topological polar surface area (TPSA) is 43.8 Å². The third-order valence-corrected chi connectivity index (χ3v) is 4.97. The minimum absolute atomic E-state index is 0.0622. The van der Waals surface area contributed by atoms with Crippen molar-refractivity contribution in [3.63, 3.8) is 0 Å². The van der Waals surface area contributed by atoms with Crippen LogP contribution in [0.3, 0.4) is 0 Å². The highest BCUT2D eigenvalue weighted by molar-refractivity contribution is 9.12. The standard InChI is InChI=1S/C11H13Br2N3S/c1-16-6-7(5-15-16)2-3-9(14)8-4-10(12)17-11(8)13/h4-6,9H,2-3,14H2,1H3. The molecule has 2 aromatic heterocycles. The van der Waals surface area contributed by atoms with Crippen molar-refractivity contribution in [2.45, 2.75) is 18.9 Å². The average molecular weight is 379 g/mol. The lowest BCUT2D eigenvalue weighted by Gasteiger charge is -2.09. The van der Waals surface area contributed by atoms with E-state index in [0.29, 0.717) is 0 Å². The molecule has 92 valence electrons. The van der Waals surface area contributed by atoms with Gasteiger partial charge in [0.05, 0.1) is 13.8 Å². The fourth-order valence-corrected chi connectivity index (χ4v) is 4.69. The Morgan fingerprint density at radius 3 is 2.82 bits per heavy atom. The Morgan fingerprint density at radius 1 is 1.53 bits per heavy atom. The van der Waals surface area contributed by atoms with Gasteiger partial charge in [0.15, 0.2) is 0 Å². The van der Waals surface area contributed by atoms with Crippen LogP contribution in [0.15, 0.2) is 26.0 Å². The summed E-state index contributed by atoms with van der Waals surface area (Å²) in [4.78, 5) is 0. The Balaban J connectivity index is 1.97. The van der Waals surface area contributed by atoms with Crippen LogP contribution in [0.2, 0.25) is 0 Å². The predicted octanol–water partition coefficient (Wildman–Crippen LogP) is 3.64. The number of nitrogens with zero attached hydrogens (tertiary/aromatic N) is 2. The van der Waals surface area contributed by atoms with E-state index in [1.54, 1.807) is 11.3 Å². The average Bonchev–Trinajstić information content (AvgIpc) is 2.81. The van der Waals surface area contributed by atoms with E-state index in [1.807, 2.05) is 24.1 Å². The highest BCUT2D eigenvalue weighted by atomic mass is 79.9. The second-order valence-corrected chi connectivity index (χ2v) is 7.70. The van der Waals surface area contributed by atoms with E-state index in [4.69, 9.17) is 5.73 Å². The van der Waals surface area contributed by atoms with E-state index in [1.165, 1.54) is 11.1 Å². The Kier molecular flexibility index (Phi) is 4.41. The minimum Gasteiger partial charge on any atom is -0.324 e. The lowest BCUT2D eigenvalue weighted by Crippen LogP contribution is -2.10. The van der Waals surface area contributed by atoms with E-state index >= 15 is 0 Å². The van der Waals surface area contributed by atoms with Gasteiger partial charge < -0.3 is 5.73 Å². The second-order valence-electron chi connectivity index (χ2n) is 3.95. The molecule has 17 heavy (non-hydrogen) atoms. The fourth-order valence-electron chi connectivity index (χ4n) is 1.68. The third kappa shape index (κ3) is 3.40. The van der Waals surface area contributed by atoms with E-state index in [0.717, 1.165) is 20.4 Å². The molecule has 0 aliphatic heterocycles. The second kappa shape index (κ2) is 5.65. The number of hydrogen-bond donors (Lipinski definition) is 1. The van der Waals surface area contributed by atoms with Crippen molar-refractivity contribution in [2.75, 3.05) is 0 Å². The number of hydrogen-bond acceptors (Lipinski definition) is 3. The normalized spacial score (nSPS) is 12.9. The molecule has 1 unspecified atom stereocenters. The summed E-state index contributed by atoms with van der Waals surface area (Å²) in [6, 6.07) is 2.15. The van der Waals surface area contributed by atoms with Gasteiger partial charge in [-0.05, 0) is 61.9 Å². The van der Waals surface area contributed by atoms with Gasteiger partial charge in [-0.1, -0.05) is 0 Å². The molecular formula is C11H13Br2N3S. The molecule has 0 fully saturated rings. The first-order valence-corrected chi connectivity index (χ1v) is 7.64. The predicted molar refractivity (Wildman–Crippen MR) is 78.2 cm³/mol. The summed E-state index contributed by atoms with van der Waals surface area (Å²) in [7, 11) is 1.93. The van der Waals surface area contributed by atoms with Crippen molar-refractivity contribution in [1.82, 2.24) is 9.78 Å². The van der Waals surface area contributed by atoms with Gasteiger partial charge in [0.25, 0.3) is 0 Å². The lowest BCUT2D eigenvalue weighted by atomic mass is 10.0. The van der Waals surface area contributed by atoms with Gasteiger partial charge in [-0.15, -0.1) is 11.3 Å². The summed E-state index contributed by atoms with van der Waals surface area (Å²) in [5, 5.41) is 4.15. The van der Waals surface area contributed by atoms with Gasteiger partial charge in [-0.25, -0.2) is 0 Å². The molecule has 2 N–H and O–H groups in total. The Bertz CT molecular complexity index is 507. The van der Waals surface area contributed by atoms with Crippen LogP contribution in [0.4, 0.5) is 0 Å². The summed E-state index contributed by atoms with van der Waals surface area (Å²) in [6.07, 6.45) is 5.80. The lowest BCUT2D eigenvalue weighted by molar-refractivity contribution is 0.651. The molecule has 0 radical (unpaired) electrons. The van der Waals surface area contributed by atoms with Crippen molar-refractivity contribution in [3.8, 4) is 0 Å². The summed E-state index contributed by atoms with van der Waals surface area (Å²) < 4.78 is 4.04. The molecule has 0 bridgehead atoms. The number of aryl methyl sites for hydroxylation is 2. The van der Waals surface area contributed by atoms with Crippen LogP contribution in [0.5, 0.6) is 0 Å². The van der Waals surface area contributed by atoms with E-state index in [2.05, 4.69) is 43.0 Å². The van der Waals surface area contributed by atoms with Crippen LogP contribution in [0.25, 0.3) is 0 Å². The Labute approximate surface area is 121 Å². The zero-order valence-corrected chi connectivity index (χ0v) is 13.3. The number of nitrogens with two attached hydrogens (primary N) is 1. The van der Waals surface area contributed by atoms with Gasteiger partial charge in [-0.2, -0.15) is 5.10 Å². The van der Waals surface area contributed by atoms with Gasteiger partial charge in [0.2, 0.25) is 0 Å². The van der Waals surface area contributed by atoms with Crippen LogP contribution >= 0.6 is 43.2 Å². The first-order chi connectivity index (χ1) is 8.06. The summed E-state index contributed by atoms with van der Waals surface area (Å²) in [5.74, 6) is 0. The quantitative estimate of drug-likeness (QED) is 0.882. The smallest absolute Gasteiger partial charge is 0.0758 e. The van der Waals surface area contributed by atoms with Crippen LogP contribution in [0, 0.1) is 0 Å². The molecule has 6 heteroatoms. The van der Waals surface area contributed by atoms with Crippen molar-refractivity contribution >= 4 is 43.2 Å².